The summed E-state index contributed by atoms with van der Waals surface area (Å²) >= 11 is 1.68. The van der Waals surface area contributed by atoms with Gasteiger partial charge in [-0.3, -0.25) is 4.79 Å². The van der Waals surface area contributed by atoms with Gasteiger partial charge in [-0.15, -0.1) is 17.9 Å². The summed E-state index contributed by atoms with van der Waals surface area (Å²) in [4.78, 5) is 11.1. The van der Waals surface area contributed by atoms with E-state index >= 15 is 0 Å². The number of aliphatic carboxylic acids is 1. The third kappa shape index (κ3) is 7.71. The Bertz CT molecular complexity index is 1570. The molecule has 0 aliphatic rings. The van der Waals surface area contributed by atoms with E-state index in [9.17, 15) is 13.2 Å². The molecule has 1 atom stereocenters. The highest BCUT2D eigenvalue weighted by molar-refractivity contribution is 7.90. The number of fused-ring (bicyclic) bond motifs is 1. The van der Waals surface area contributed by atoms with Crippen molar-refractivity contribution in [1.82, 2.24) is 0 Å². The molecule has 0 saturated heterocycles. The van der Waals surface area contributed by atoms with Crippen LogP contribution in [-0.2, 0) is 21.2 Å². The summed E-state index contributed by atoms with van der Waals surface area (Å²) in [5.41, 5.74) is 5.21. The number of carboxylic acid groups (broad SMARTS) is 1. The molecule has 4 aromatic rings. The Labute approximate surface area is 233 Å². The number of sulfone groups is 1. The second-order valence-corrected chi connectivity index (χ2v) is 12.8. The molecule has 204 valence electrons. The molecule has 1 unspecified atom stereocenters. The van der Waals surface area contributed by atoms with Crippen LogP contribution in [0.4, 0.5) is 0 Å². The van der Waals surface area contributed by atoms with Gasteiger partial charge in [-0.2, -0.15) is 0 Å². The molecule has 8 heteroatoms. The number of rotatable bonds is 13. The number of carboxylic acids is 1. The zero-order valence-electron chi connectivity index (χ0n) is 22.1. The van der Waals surface area contributed by atoms with Crippen LogP contribution in [0.15, 0.2) is 78.7 Å². The molecule has 0 radical (unpaired) electrons. The molecular formula is C31H32O6S2. The standard InChI is InChI=1S/C31H32O6S2/c1-4-23(17-31(32)33)24-8-6-22(7-9-24)19-37-26-11-13-30-28(18-26)29(20-38-30)27-12-10-25(16-21(27)2)36-14-5-15-39(3,34)35/h4,6-13,16,18,20,23H,1,5,14-15,17,19H2,2-3H3,(H,32,33). The Morgan fingerprint density at radius 3 is 2.41 bits per heavy atom. The number of hydrogen-bond donors (Lipinski definition) is 1. The molecule has 0 fully saturated rings. The van der Waals surface area contributed by atoms with E-state index in [-0.39, 0.29) is 18.1 Å². The normalized spacial score (nSPS) is 12.3. The van der Waals surface area contributed by atoms with Crippen LogP contribution in [0.3, 0.4) is 0 Å². The molecule has 0 aliphatic heterocycles. The molecule has 4 rings (SSSR count). The first-order valence-electron chi connectivity index (χ1n) is 12.6. The first kappa shape index (κ1) is 28.4. The van der Waals surface area contributed by atoms with Crippen molar-refractivity contribution >= 4 is 37.2 Å². The van der Waals surface area contributed by atoms with Crippen LogP contribution in [-0.4, -0.2) is 38.1 Å². The third-order valence-corrected chi connectivity index (χ3v) is 8.45. The minimum atomic E-state index is -2.99. The SMILES string of the molecule is C=CC(CC(=O)O)c1ccc(COc2ccc3scc(-c4ccc(OCCCS(C)(=O)=O)cc4C)c3c2)cc1. The van der Waals surface area contributed by atoms with Crippen LogP contribution >= 0.6 is 11.3 Å². The zero-order chi connectivity index (χ0) is 28.0. The molecule has 39 heavy (non-hydrogen) atoms. The van der Waals surface area contributed by atoms with Crippen molar-refractivity contribution in [2.45, 2.75) is 32.3 Å². The first-order valence-corrected chi connectivity index (χ1v) is 15.6. The Morgan fingerprint density at radius 1 is 1.03 bits per heavy atom. The topological polar surface area (TPSA) is 89.9 Å². The second kappa shape index (κ2) is 12.5. The highest BCUT2D eigenvalue weighted by atomic mass is 32.2. The number of allylic oxidation sites excluding steroid dienone is 1. The van der Waals surface area contributed by atoms with Crippen molar-refractivity contribution in [3.8, 4) is 22.6 Å². The molecule has 0 spiro atoms. The van der Waals surface area contributed by atoms with E-state index in [0.717, 1.165) is 49.4 Å². The minimum absolute atomic E-state index is 0.0168. The Hall–Kier alpha value is -3.62. The maximum Gasteiger partial charge on any atom is 0.304 e. The molecule has 0 amide bonds. The van der Waals surface area contributed by atoms with Gasteiger partial charge in [-0.1, -0.05) is 36.4 Å². The number of benzene rings is 3. The van der Waals surface area contributed by atoms with E-state index in [0.29, 0.717) is 19.6 Å². The maximum absolute atomic E-state index is 11.3. The molecule has 1 heterocycles. The molecule has 6 nitrogen and oxygen atoms in total. The summed E-state index contributed by atoms with van der Waals surface area (Å²) in [6, 6.07) is 19.8. The summed E-state index contributed by atoms with van der Waals surface area (Å²) in [6.07, 6.45) is 3.37. The zero-order valence-corrected chi connectivity index (χ0v) is 23.7. The summed E-state index contributed by atoms with van der Waals surface area (Å²) in [5.74, 6) is 0.535. The van der Waals surface area contributed by atoms with Crippen LogP contribution in [0.2, 0.25) is 0 Å². The number of hydrogen-bond acceptors (Lipinski definition) is 6. The van der Waals surface area contributed by atoms with Gasteiger partial charge < -0.3 is 14.6 Å². The van der Waals surface area contributed by atoms with E-state index in [1.54, 1.807) is 17.4 Å². The van der Waals surface area contributed by atoms with Crippen molar-refractivity contribution in [2.75, 3.05) is 18.6 Å². The number of carbonyl (C=O) groups is 1. The van der Waals surface area contributed by atoms with Crippen LogP contribution in [0.25, 0.3) is 21.2 Å². The average Bonchev–Trinajstić information content (AvgIpc) is 3.31. The summed E-state index contributed by atoms with van der Waals surface area (Å²) < 4.78 is 35.7. The van der Waals surface area contributed by atoms with E-state index in [4.69, 9.17) is 14.6 Å². The Balaban J connectivity index is 1.44. The average molecular weight is 565 g/mol. The van der Waals surface area contributed by atoms with Crippen molar-refractivity contribution in [2.24, 2.45) is 0 Å². The van der Waals surface area contributed by atoms with Gasteiger partial charge in [0.1, 0.15) is 27.9 Å². The van der Waals surface area contributed by atoms with Gasteiger partial charge in [-0.05, 0) is 71.3 Å². The Morgan fingerprint density at radius 2 is 1.74 bits per heavy atom. The molecule has 0 bridgehead atoms. The van der Waals surface area contributed by atoms with Crippen molar-refractivity contribution in [3.63, 3.8) is 0 Å². The molecular weight excluding hydrogens is 532 g/mol. The Kier molecular flexibility index (Phi) is 9.09. The molecule has 0 saturated carbocycles. The summed E-state index contributed by atoms with van der Waals surface area (Å²) in [7, 11) is -2.99. The van der Waals surface area contributed by atoms with Crippen molar-refractivity contribution in [3.05, 3.63) is 95.4 Å². The summed E-state index contributed by atoms with van der Waals surface area (Å²) in [6.45, 7) is 6.55. The molecule has 1 aromatic heterocycles. The van der Waals surface area contributed by atoms with Gasteiger partial charge in [0.2, 0.25) is 0 Å². The van der Waals surface area contributed by atoms with E-state index in [1.807, 2.05) is 55.5 Å². The highest BCUT2D eigenvalue weighted by Gasteiger charge is 2.13. The fourth-order valence-corrected chi connectivity index (χ4v) is 5.98. The number of aryl methyl sites for hydroxylation is 1. The van der Waals surface area contributed by atoms with Crippen LogP contribution in [0.1, 0.15) is 35.4 Å². The van der Waals surface area contributed by atoms with Crippen LogP contribution in [0, 0.1) is 6.92 Å². The van der Waals surface area contributed by atoms with Crippen molar-refractivity contribution < 1.29 is 27.8 Å². The molecule has 3 aromatic carbocycles. The molecule has 0 aliphatic carbocycles. The van der Waals surface area contributed by atoms with Gasteiger partial charge >= 0.3 is 5.97 Å². The fraction of sp³-hybridized carbons (Fsp3) is 0.258. The predicted molar refractivity (Wildman–Crippen MR) is 158 cm³/mol. The lowest BCUT2D eigenvalue weighted by Crippen LogP contribution is -2.08. The van der Waals surface area contributed by atoms with Gasteiger partial charge in [0, 0.05) is 27.8 Å². The lowest BCUT2D eigenvalue weighted by atomic mass is 9.95. The smallest absolute Gasteiger partial charge is 0.304 e. The monoisotopic (exact) mass is 564 g/mol. The van der Waals surface area contributed by atoms with Crippen molar-refractivity contribution in [1.29, 1.82) is 0 Å². The highest BCUT2D eigenvalue weighted by Crippen LogP contribution is 2.38. The lowest BCUT2D eigenvalue weighted by Gasteiger charge is -2.12. The van der Waals surface area contributed by atoms with Crippen LogP contribution in [0.5, 0.6) is 11.5 Å². The van der Waals surface area contributed by atoms with Gasteiger partial charge in [0.25, 0.3) is 0 Å². The number of ether oxygens (including phenoxy) is 2. The van der Waals surface area contributed by atoms with Gasteiger partial charge in [-0.25, -0.2) is 8.42 Å². The second-order valence-electron chi connectivity index (χ2n) is 9.59. The summed E-state index contributed by atoms with van der Waals surface area (Å²) in [5, 5.41) is 12.4. The largest absolute Gasteiger partial charge is 0.494 e. The van der Waals surface area contributed by atoms with E-state index in [1.165, 1.54) is 6.26 Å². The van der Waals surface area contributed by atoms with E-state index < -0.39 is 15.8 Å². The minimum Gasteiger partial charge on any atom is -0.494 e. The number of thiophene rings is 1. The fourth-order valence-electron chi connectivity index (χ4n) is 4.40. The third-order valence-electron chi connectivity index (χ3n) is 6.45. The molecule has 1 N–H and O–H groups in total. The quantitative estimate of drug-likeness (QED) is 0.139. The van der Waals surface area contributed by atoms with E-state index in [2.05, 4.69) is 24.1 Å². The predicted octanol–water partition coefficient (Wildman–Crippen LogP) is 7.01. The lowest BCUT2D eigenvalue weighted by molar-refractivity contribution is -0.137. The first-order chi connectivity index (χ1) is 18.6. The van der Waals surface area contributed by atoms with Gasteiger partial charge in [0.15, 0.2) is 0 Å². The van der Waals surface area contributed by atoms with Crippen LogP contribution < -0.4 is 9.47 Å². The van der Waals surface area contributed by atoms with Gasteiger partial charge in [0.05, 0.1) is 18.8 Å². The maximum atomic E-state index is 11.3.